The minimum Gasteiger partial charge on any atom is -0.348 e. The number of allylic oxidation sites excluding steroid dienone is 1. The molecule has 0 bridgehead atoms. The number of rotatable bonds is 3. The largest absolute Gasteiger partial charge is 0.348 e. The lowest BCUT2D eigenvalue weighted by Crippen LogP contribution is -2.25. The minimum absolute atomic E-state index is 0.0523. The molecule has 1 heterocycles. The molecule has 0 saturated heterocycles. The van der Waals surface area contributed by atoms with E-state index in [2.05, 4.69) is 11.4 Å². The van der Waals surface area contributed by atoms with E-state index in [0.29, 0.717) is 0 Å². The molecule has 0 unspecified atom stereocenters. The Bertz CT molecular complexity index is 354. The molecule has 3 heteroatoms. The molecule has 1 amide bonds. The lowest BCUT2D eigenvalue weighted by Gasteiger charge is -2.12. The van der Waals surface area contributed by atoms with Crippen LogP contribution in [0.4, 0.5) is 0 Å². The third kappa shape index (κ3) is 2.93. The maximum Gasteiger partial charge on any atom is 0.261 e. The summed E-state index contributed by atoms with van der Waals surface area (Å²) in [6.45, 7) is 0.719. The number of carbonyl (C=O) groups is 1. The third-order valence-electron chi connectivity index (χ3n) is 2.61. The van der Waals surface area contributed by atoms with Crippen LogP contribution in [0, 0.1) is 0 Å². The van der Waals surface area contributed by atoms with E-state index >= 15 is 0 Å². The molecular formula is C12H15NOS. The van der Waals surface area contributed by atoms with E-state index < -0.39 is 0 Å². The predicted molar refractivity (Wildman–Crippen MR) is 63.2 cm³/mol. The summed E-state index contributed by atoms with van der Waals surface area (Å²) in [5.74, 6) is 0.0523. The molecule has 2 nitrogen and oxygen atoms in total. The van der Waals surface area contributed by atoms with Crippen LogP contribution >= 0.6 is 11.3 Å². The topological polar surface area (TPSA) is 29.1 Å². The van der Waals surface area contributed by atoms with E-state index in [1.54, 1.807) is 0 Å². The van der Waals surface area contributed by atoms with E-state index in [0.717, 1.165) is 17.8 Å². The van der Waals surface area contributed by atoms with Gasteiger partial charge < -0.3 is 5.32 Å². The van der Waals surface area contributed by atoms with Crippen LogP contribution in [-0.2, 0) is 0 Å². The first-order chi connectivity index (χ1) is 7.36. The van der Waals surface area contributed by atoms with E-state index in [9.17, 15) is 4.79 Å². The van der Waals surface area contributed by atoms with Crippen LogP contribution in [0.15, 0.2) is 29.2 Å². The number of thiophene rings is 1. The Hall–Kier alpha value is -1.09. The van der Waals surface area contributed by atoms with Crippen LogP contribution < -0.4 is 5.32 Å². The summed E-state index contributed by atoms with van der Waals surface area (Å²) in [4.78, 5) is 12.4. The van der Waals surface area contributed by atoms with Crippen molar-refractivity contribution in [2.24, 2.45) is 0 Å². The fraction of sp³-hybridized carbons (Fsp3) is 0.417. The lowest BCUT2D eigenvalue weighted by atomic mass is 10.00. The highest BCUT2D eigenvalue weighted by molar-refractivity contribution is 7.12. The number of hydrogen-bond donors (Lipinski definition) is 1. The van der Waals surface area contributed by atoms with Crippen molar-refractivity contribution >= 4 is 17.2 Å². The molecule has 1 aromatic heterocycles. The summed E-state index contributed by atoms with van der Waals surface area (Å²) in [5, 5.41) is 4.88. The van der Waals surface area contributed by atoms with Gasteiger partial charge in [0.25, 0.3) is 5.91 Å². The van der Waals surface area contributed by atoms with E-state index in [4.69, 9.17) is 0 Å². The first kappa shape index (κ1) is 10.4. The smallest absolute Gasteiger partial charge is 0.261 e. The van der Waals surface area contributed by atoms with Crippen LogP contribution in [0.5, 0.6) is 0 Å². The average molecular weight is 221 g/mol. The molecule has 0 radical (unpaired) electrons. The normalized spacial score (nSPS) is 15.9. The fourth-order valence-electron chi connectivity index (χ4n) is 1.75. The van der Waals surface area contributed by atoms with Gasteiger partial charge in [-0.25, -0.2) is 0 Å². The summed E-state index contributed by atoms with van der Waals surface area (Å²) in [7, 11) is 0. The summed E-state index contributed by atoms with van der Waals surface area (Å²) in [6.07, 6.45) is 7.14. The molecule has 1 N–H and O–H groups in total. The van der Waals surface area contributed by atoms with E-state index in [1.807, 2.05) is 17.5 Å². The van der Waals surface area contributed by atoms with Crippen LogP contribution in [0.25, 0.3) is 0 Å². The Morgan fingerprint density at radius 2 is 2.40 bits per heavy atom. The van der Waals surface area contributed by atoms with Crippen molar-refractivity contribution in [2.45, 2.75) is 25.7 Å². The Balaban J connectivity index is 1.83. The third-order valence-corrected chi connectivity index (χ3v) is 3.47. The second-order valence-corrected chi connectivity index (χ2v) is 4.72. The lowest BCUT2D eigenvalue weighted by molar-refractivity contribution is 0.0960. The van der Waals surface area contributed by atoms with E-state index in [1.165, 1.54) is 36.2 Å². The summed E-state index contributed by atoms with van der Waals surface area (Å²) in [6, 6.07) is 3.76. The van der Waals surface area contributed by atoms with Crippen LogP contribution in [0.2, 0.25) is 0 Å². The van der Waals surface area contributed by atoms with Crippen molar-refractivity contribution in [1.82, 2.24) is 5.32 Å². The van der Waals surface area contributed by atoms with Gasteiger partial charge in [0, 0.05) is 6.54 Å². The molecule has 15 heavy (non-hydrogen) atoms. The zero-order valence-electron chi connectivity index (χ0n) is 8.66. The minimum atomic E-state index is 0.0523. The number of hydrogen-bond acceptors (Lipinski definition) is 2. The quantitative estimate of drug-likeness (QED) is 0.781. The Kier molecular flexibility index (Phi) is 3.56. The van der Waals surface area contributed by atoms with Crippen molar-refractivity contribution in [2.75, 3.05) is 6.54 Å². The van der Waals surface area contributed by atoms with Crippen LogP contribution in [-0.4, -0.2) is 12.5 Å². The van der Waals surface area contributed by atoms with Gasteiger partial charge in [0.1, 0.15) is 0 Å². The molecule has 0 atom stereocenters. The second-order valence-electron chi connectivity index (χ2n) is 3.77. The highest BCUT2D eigenvalue weighted by Crippen LogP contribution is 2.16. The van der Waals surface area contributed by atoms with Gasteiger partial charge in [-0.1, -0.05) is 17.7 Å². The monoisotopic (exact) mass is 221 g/mol. The second kappa shape index (κ2) is 5.12. The van der Waals surface area contributed by atoms with Gasteiger partial charge in [-0.3, -0.25) is 4.79 Å². The first-order valence-electron chi connectivity index (χ1n) is 5.36. The van der Waals surface area contributed by atoms with Gasteiger partial charge in [-0.15, -0.1) is 11.3 Å². The van der Waals surface area contributed by atoms with Crippen molar-refractivity contribution in [3.05, 3.63) is 34.0 Å². The predicted octanol–water partition coefficient (Wildman–Crippen LogP) is 2.98. The molecule has 0 spiro atoms. The molecular weight excluding hydrogens is 206 g/mol. The fourth-order valence-corrected chi connectivity index (χ4v) is 2.39. The number of carbonyl (C=O) groups excluding carboxylic acids is 1. The van der Waals surface area contributed by atoms with Crippen LogP contribution in [0.3, 0.4) is 0 Å². The highest BCUT2D eigenvalue weighted by atomic mass is 32.1. The zero-order chi connectivity index (χ0) is 10.5. The van der Waals surface area contributed by atoms with E-state index in [-0.39, 0.29) is 5.91 Å². The summed E-state index contributed by atoms with van der Waals surface area (Å²) in [5.41, 5.74) is 1.38. The first-order valence-corrected chi connectivity index (χ1v) is 6.24. The van der Waals surface area contributed by atoms with Gasteiger partial charge in [0.2, 0.25) is 0 Å². The SMILES string of the molecule is O=C(NCC1=CCCCC1)c1cccs1. The van der Waals surface area contributed by atoms with Crippen LogP contribution in [0.1, 0.15) is 35.4 Å². The van der Waals surface area contributed by atoms with Gasteiger partial charge >= 0.3 is 0 Å². The Labute approximate surface area is 94.0 Å². The standard InChI is InChI=1S/C12H15NOS/c14-12(11-7-4-8-15-11)13-9-10-5-2-1-3-6-10/h4-5,7-8H,1-3,6,9H2,(H,13,14). The molecule has 80 valence electrons. The molecule has 0 saturated carbocycles. The van der Waals surface area contributed by atoms with Gasteiger partial charge in [-0.2, -0.15) is 0 Å². The summed E-state index contributed by atoms with van der Waals surface area (Å²) < 4.78 is 0. The molecule has 1 aliphatic rings. The zero-order valence-corrected chi connectivity index (χ0v) is 9.48. The maximum atomic E-state index is 11.6. The average Bonchev–Trinajstić information content (AvgIpc) is 2.81. The van der Waals surface area contributed by atoms with Crippen molar-refractivity contribution in [3.63, 3.8) is 0 Å². The molecule has 1 aliphatic carbocycles. The molecule has 0 fully saturated rings. The maximum absolute atomic E-state index is 11.6. The molecule has 0 aliphatic heterocycles. The Morgan fingerprint density at radius 3 is 3.07 bits per heavy atom. The van der Waals surface area contributed by atoms with Crippen molar-refractivity contribution in [3.8, 4) is 0 Å². The number of amides is 1. The summed E-state index contributed by atoms with van der Waals surface area (Å²) >= 11 is 1.49. The molecule has 2 rings (SSSR count). The van der Waals surface area contributed by atoms with Crippen molar-refractivity contribution < 1.29 is 4.79 Å². The molecule has 0 aromatic carbocycles. The van der Waals surface area contributed by atoms with Gasteiger partial charge in [-0.05, 0) is 37.1 Å². The molecule has 1 aromatic rings. The number of nitrogens with one attached hydrogen (secondary N) is 1. The highest BCUT2D eigenvalue weighted by Gasteiger charge is 2.08. The Morgan fingerprint density at radius 1 is 1.47 bits per heavy atom. The van der Waals surface area contributed by atoms with Crippen molar-refractivity contribution in [1.29, 1.82) is 0 Å². The van der Waals surface area contributed by atoms with Gasteiger partial charge in [0.05, 0.1) is 4.88 Å². The van der Waals surface area contributed by atoms with Gasteiger partial charge in [0.15, 0.2) is 0 Å².